The summed E-state index contributed by atoms with van der Waals surface area (Å²) in [5.41, 5.74) is -1.71. The van der Waals surface area contributed by atoms with Crippen molar-refractivity contribution in [1.29, 1.82) is 0 Å². The Kier molecular flexibility index (Phi) is 3.94. The van der Waals surface area contributed by atoms with Crippen LogP contribution in [0.3, 0.4) is 0 Å². The van der Waals surface area contributed by atoms with Gasteiger partial charge in [-0.3, -0.25) is 4.98 Å². The molecule has 1 aromatic heterocycles. The first-order chi connectivity index (χ1) is 8.30. The minimum absolute atomic E-state index is 0.459. The lowest BCUT2D eigenvalue weighted by Crippen LogP contribution is -2.21. The molecule has 0 radical (unpaired) electrons. The van der Waals surface area contributed by atoms with Gasteiger partial charge in [0.2, 0.25) is 0 Å². The smallest absolute Gasteiger partial charge is 0.494 e. The average molecular weight is 269 g/mol. The highest BCUT2D eigenvalue weighted by Crippen LogP contribution is 2.34. The number of hydrogen-bond donors (Lipinski definition) is 1. The fourth-order valence-electron chi connectivity index (χ4n) is 1.19. The van der Waals surface area contributed by atoms with Crippen LogP contribution in [0.5, 0.6) is 11.5 Å². The zero-order chi connectivity index (χ0) is 13.9. The van der Waals surface area contributed by atoms with Gasteiger partial charge in [0.05, 0.1) is 13.3 Å². The van der Waals surface area contributed by atoms with E-state index in [0.717, 1.165) is 13.3 Å². The predicted octanol–water partition coefficient (Wildman–Crippen LogP) is 2.16. The summed E-state index contributed by atoms with van der Waals surface area (Å²) in [6, 6.07) is 0. The van der Waals surface area contributed by atoms with Crippen LogP contribution in [0, 0.1) is 0 Å². The highest BCUT2D eigenvalue weighted by Gasteiger charge is 2.36. The molecule has 0 aliphatic rings. The number of carboxylic acids is 1. The number of rotatable bonds is 4. The Morgan fingerprint density at radius 2 is 2.11 bits per heavy atom. The number of nitrogens with zero attached hydrogens (tertiary/aromatic N) is 1. The molecule has 9 heteroatoms. The predicted molar refractivity (Wildman–Crippen MR) is 49.2 cm³/mol. The van der Waals surface area contributed by atoms with Gasteiger partial charge in [-0.25, -0.2) is 9.18 Å². The second-order valence-corrected chi connectivity index (χ2v) is 2.96. The van der Waals surface area contributed by atoms with Crippen molar-refractivity contribution in [1.82, 2.24) is 4.98 Å². The van der Waals surface area contributed by atoms with Gasteiger partial charge >= 0.3 is 12.3 Å². The van der Waals surface area contributed by atoms with E-state index in [4.69, 9.17) is 5.11 Å². The molecule has 18 heavy (non-hydrogen) atoms. The first-order valence-corrected chi connectivity index (χ1v) is 4.41. The maximum absolute atomic E-state index is 12.5. The number of hydrogen-bond acceptors (Lipinski definition) is 4. The number of pyridine rings is 1. The molecule has 0 saturated carbocycles. The van der Waals surface area contributed by atoms with Crippen LogP contribution in [0.15, 0.2) is 6.20 Å². The van der Waals surface area contributed by atoms with Crippen LogP contribution in [-0.2, 0) is 6.67 Å². The summed E-state index contributed by atoms with van der Waals surface area (Å²) >= 11 is 0. The van der Waals surface area contributed by atoms with E-state index in [-0.39, 0.29) is 0 Å². The standard InChI is InChI=1S/C9H7F4NO4/c1-17-5-3-14-4(2-10)7(6(5)8(15)16)18-9(11,12)13/h3H,2H2,1H3,(H,15,16). The molecule has 0 bridgehead atoms. The number of ether oxygens (including phenoxy) is 2. The van der Waals surface area contributed by atoms with Crippen LogP contribution in [-0.4, -0.2) is 29.5 Å². The molecule has 1 N–H and O–H groups in total. The van der Waals surface area contributed by atoms with Crippen molar-refractivity contribution in [2.75, 3.05) is 7.11 Å². The molecule has 0 aliphatic carbocycles. The molecule has 0 unspecified atom stereocenters. The lowest BCUT2D eigenvalue weighted by molar-refractivity contribution is -0.275. The molecule has 5 nitrogen and oxygen atoms in total. The molecule has 0 fully saturated rings. The summed E-state index contributed by atoms with van der Waals surface area (Å²) in [5.74, 6) is -3.42. The van der Waals surface area contributed by atoms with E-state index in [1.807, 2.05) is 0 Å². The molecular formula is C9H7F4NO4. The number of aromatic carboxylic acids is 1. The SMILES string of the molecule is COc1cnc(CF)c(OC(F)(F)F)c1C(=O)O. The molecule has 0 amide bonds. The second kappa shape index (κ2) is 5.07. The Balaban J connectivity index is 3.45. The number of halogens is 4. The molecule has 0 spiro atoms. The van der Waals surface area contributed by atoms with Gasteiger partial charge in [0.25, 0.3) is 0 Å². The van der Waals surface area contributed by atoms with Crippen molar-refractivity contribution >= 4 is 5.97 Å². The van der Waals surface area contributed by atoms with Crippen LogP contribution in [0.2, 0.25) is 0 Å². The van der Waals surface area contributed by atoms with Crippen molar-refractivity contribution in [3.63, 3.8) is 0 Å². The fourth-order valence-corrected chi connectivity index (χ4v) is 1.19. The minimum Gasteiger partial charge on any atom is -0.494 e. The van der Waals surface area contributed by atoms with Crippen LogP contribution < -0.4 is 9.47 Å². The Morgan fingerprint density at radius 3 is 2.50 bits per heavy atom. The van der Waals surface area contributed by atoms with Crippen molar-refractivity contribution in [2.45, 2.75) is 13.0 Å². The van der Waals surface area contributed by atoms with Gasteiger partial charge in [0, 0.05) is 0 Å². The topological polar surface area (TPSA) is 68.7 Å². The molecule has 1 aromatic rings. The van der Waals surface area contributed by atoms with Crippen molar-refractivity contribution < 1.29 is 36.9 Å². The number of carboxylic acid groups (broad SMARTS) is 1. The largest absolute Gasteiger partial charge is 0.573 e. The molecule has 0 aliphatic heterocycles. The Bertz CT molecular complexity index is 461. The van der Waals surface area contributed by atoms with E-state index < -0.39 is 41.8 Å². The zero-order valence-electron chi connectivity index (χ0n) is 8.92. The van der Waals surface area contributed by atoms with Crippen molar-refractivity contribution in [3.8, 4) is 11.5 Å². The highest BCUT2D eigenvalue weighted by molar-refractivity contribution is 5.94. The second-order valence-electron chi connectivity index (χ2n) is 2.96. The highest BCUT2D eigenvalue weighted by atomic mass is 19.4. The molecule has 1 heterocycles. The van der Waals surface area contributed by atoms with E-state index in [1.165, 1.54) is 0 Å². The molecule has 100 valence electrons. The van der Waals surface area contributed by atoms with Crippen LogP contribution in [0.4, 0.5) is 17.6 Å². The lowest BCUT2D eigenvalue weighted by Gasteiger charge is -2.15. The summed E-state index contributed by atoms with van der Waals surface area (Å²) in [5, 5.41) is 8.82. The summed E-state index contributed by atoms with van der Waals surface area (Å²) in [7, 11) is 1.04. The molecule has 0 aromatic carbocycles. The summed E-state index contributed by atoms with van der Waals surface area (Å²) in [4.78, 5) is 14.2. The summed E-state index contributed by atoms with van der Waals surface area (Å²) in [6.45, 7) is -1.41. The molecule has 0 saturated heterocycles. The molecular weight excluding hydrogens is 262 g/mol. The number of alkyl halides is 4. The maximum atomic E-state index is 12.5. The first-order valence-electron chi connectivity index (χ1n) is 4.41. The van der Waals surface area contributed by atoms with Gasteiger partial charge in [-0.15, -0.1) is 13.2 Å². The number of aromatic nitrogens is 1. The summed E-state index contributed by atoms with van der Waals surface area (Å²) < 4.78 is 56.9. The van der Waals surface area contributed by atoms with Gasteiger partial charge < -0.3 is 14.6 Å². The monoisotopic (exact) mass is 269 g/mol. The van der Waals surface area contributed by atoms with Crippen LogP contribution in [0.25, 0.3) is 0 Å². The Hall–Kier alpha value is -2.06. The van der Waals surface area contributed by atoms with E-state index in [1.54, 1.807) is 0 Å². The molecule has 0 atom stereocenters. The van der Waals surface area contributed by atoms with E-state index >= 15 is 0 Å². The van der Waals surface area contributed by atoms with E-state index in [9.17, 15) is 22.4 Å². The Morgan fingerprint density at radius 1 is 1.50 bits per heavy atom. The number of methoxy groups -OCH3 is 1. The minimum atomic E-state index is -5.16. The average Bonchev–Trinajstić information content (AvgIpc) is 2.25. The first kappa shape index (κ1) is 14.0. The van der Waals surface area contributed by atoms with E-state index in [2.05, 4.69) is 14.5 Å². The zero-order valence-corrected chi connectivity index (χ0v) is 8.92. The van der Waals surface area contributed by atoms with Gasteiger partial charge in [0.15, 0.2) is 11.5 Å². The van der Waals surface area contributed by atoms with Gasteiger partial charge in [-0.05, 0) is 0 Å². The normalized spacial score (nSPS) is 11.2. The van der Waals surface area contributed by atoms with Crippen molar-refractivity contribution in [2.24, 2.45) is 0 Å². The Labute approximate surface area is 98.0 Å². The van der Waals surface area contributed by atoms with Crippen LogP contribution in [0.1, 0.15) is 16.1 Å². The number of carbonyl (C=O) groups is 1. The molecule has 1 rings (SSSR count). The maximum Gasteiger partial charge on any atom is 0.573 e. The third-order valence-corrected chi connectivity index (χ3v) is 1.85. The van der Waals surface area contributed by atoms with Gasteiger partial charge in [0.1, 0.15) is 17.9 Å². The van der Waals surface area contributed by atoms with Gasteiger partial charge in [-0.1, -0.05) is 0 Å². The van der Waals surface area contributed by atoms with Crippen LogP contribution >= 0.6 is 0 Å². The van der Waals surface area contributed by atoms with Crippen molar-refractivity contribution in [3.05, 3.63) is 17.5 Å². The lowest BCUT2D eigenvalue weighted by atomic mass is 10.2. The quantitative estimate of drug-likeness (QED) is 0.848. The summed E-state index contributed by atoms with van der Waals surface area (Å²) in [6.07, 6.45) is -4.36. The van der Waals surface area contributed by atoms with Gasteiger partial charge in [-0.2, -0.15) is 0 Å². The van der Waals surface area contributed by atoms with E-state index in [0.29, 0.717) is 0 Å². The third kappa shape index (κ3) is 2.99. The fraction of sp³-hybridized carbons (Fsp3) is 0.333. The third-order valence-electron chi connectivity index (χ3n) is 1.85.